The van der Waals surface area contributed by atoms with Crippen LogP contribution in [-0.4, -0.2) is 41.2 Å². The highest BCUT2D eigenvalue weighted by Crippen LogP contribution is 2.29. The van der Waals surface area contributed by atoms with Crippen LogP contribution in [0.3, 0.4) is 0 Å². The summed E-state index contributed by atoms with van der Waals surface area (Å²) < 4.78 is 9.50. The number of benzene rings is 2. The van der Waals surface area contributed by atoms with Gasteiger partial charge in [-0.1, -0.05) is 18.2 Å². The average Bonchev–Trinajstić information content (AvgIpc) is 2.68. The molecule has 7 nitrogen and oxygen atoms in total. The first-order valence-corrected chi connectivity index (χ1v) is 8.01. The molecule has 0 aliphatic heterocycles. The summed E-state index contributed by atoms with van der Waals surface area (Å²) in [7, 11) is 2.58. The number of aliphatic hydroxyl groups excluding tert-OH is 1. The number of aliphatic hydroxyl groups is 1. The molecule has 3 aromatic rings. The van der Waals surface area contributed by atoms with E-state index < -0.39 is 24.0 Å². The van der Waals surface area contributed by atoms with Gasteiger partial charge in [-0.3, -0.25) is 4.79 Å². The number of hydrogen-bond acceptors (Lipinski definition) is 7. The summed E-state index contributed by atoms with van der Waals surface area (Å²) in [6.45, 7) is 1.58. The normalized spacial score (nSPS) is 13.4. The minimum atomic E-state index is -1.10. The lowest BCUT2D eigenvalue weighted by Crippen LogP contribution is -2.21. The fourth-order valence-corrected chi connectivity index (χ4v) is 2.84. The van der Waals surface area contributed by atoms with Gasteiger partial charge in [0.25, 0.3) is 0 Å². The molecule has 7 heteroatoms. The van der Waals surface area contributed by atoms with E-state index >= 15 is 0 Å². The standard InChI is InChI=1S/C19H18N2O5/c1-10(18(23)25-2)17(22)11-6-4-8-13-15(11)20-14-9-5-7-12(16(14)21-13)19(24)26-3/h4-10,17,22H,1-3H3/t10-,17+/m0/s1. The summed E-state index contributed by atoms with van der Waals surface area (Å²) >= 11 is 0. The number of hydrogen-bond donors (Lipinski definition) is 1. The van der Waals surface area contributed by atoms with Gasteiger partial charge >= 0.3 is 11.9 Å². The molecular formula is C19H18N2O5. The second-order valence-electron chi connectivity index (χ2n) is 5.86. The highest BCUT2D eigenvalue weighted by molar-refractivity contribution is 6.03. The Bertz CT molecular complexity index is 1000. The van der Waals surface area contributed by atoms with E-state index in [4.69, 9.17) is 9.47 Å². The highest BCUT2D eigenvalue weighted by Gasteiger charge is 2.26. The van der Waals surface area contributed by atoms with Crippen molar-refractivity contribution in [2.45, 2.75) is 13.0 Å². The molecular weight excluding hydrogens is 336 g/mol. The van der Waals surface area contributed by atoms with Gasteiger partial charge in [0.1, 0.15) is 5.52 Å². The predicted octanol–water partition coefficient (Wildman–Crippen LogP) is 2.41. The minimum Gasteiger partial charge on any atom is -0.469 e. The van der Waals surface area contributed by atoms with Gasteiger partial charge in [0.05, 0.1) is 48.4 Å². The molecule has 0 saturated heterocycles. The molecule has 2 atom stereocenters. The van der Waals surface area contributed by atoms with E-state index in [1.54, 1.807) is 43.3 Å². The average molecular weight is 354 g/mol. The maximum absolute atomic E-state index is 12.0. The van der Waals surface area contributed by atoms with Gasteiger partial charge in [0.15, 0.2) is 0 Å². The number of aromatic nitrogens is 2. The molecule has 134 valence electrons. The van der Waals surface area contributed by atoms with Crippen molar-refractivity contribution in [2.75, 3.05) is 14.2 Å². The molecule has 2 aromatic carbocycles. The lowest BCUT2D eigenvalue weighted by Gasteiger charge is -2.18. The number of carbonyl (C=O) groups is 2. The Hall–Kier alpha value is -3.06. The lowest BCUT2D eigenvalue weighted by molar-refractivity contribution is -0.148. The summed E-state index contributed by atoms with van der Waals surface area (Å²) in [6, 6.07) is 10.2. The van der Waals surface area contributed by atoms with E-state index in [-0.39, 0.29) is 0 Å². The van der Waals surface area contributed by atoms with E-state index in [1.165, 1.54) is 14.2 Å². The number of para-hydroxylation sites is 2. The molecule has 0 fully saturated rings. The van der Waals surface area contributed by atoms with E-state index in [1.807, 2.05) is 0 Å². The van der Waals surface area contributed by atoms with Gasteiger partial charge in [0, 0.05) is 5.56 Å². The smallest absolute Gasteiger partial charge is 0.340 e. The fraction of sp³-hybridized carbons (Fsp3) is 0.263. The maximum atomic E-state index is 12.0. The zero-order valence-electron chi connectivity index (χ0n) is 14.6. The molecule has 0 amide bonds. The van der Waals surface area contributed by atoms with Gasteiger partial charge < -0.3 is 14.6 Å². The first kappa shape index (κ1) is 17.8. The van der Waals surface area contributed by atoms with Crippen LogP contribution in [0, 0.1) is 5.92 Å². The summed E-state index contributed by atoms with van der Waals surface area (Å²) in [6.07, 6.45) is -1.10. The monoisotopic (exact) mass is 354 g/mol. The number of esters is 2. The third-order valence-corrected chi connectivity index (χ3v) is 4.30. The van der Waals surface area contributed by atoms with Gasteiger partial charge in [-0.25, -0.2) is 14.8 Å². The van der Waals surface area contributed by atoms with Crippen LogP contribution in [-0.2, 0) is 14.3 Å². The summed E-state index contributed by atoms with van der Waals surface area (Å²) in [5.74, 6) is -1.78. The second kappa shape index (κ2) is 7.05. The van der Waals surface area contributed by atoms with Gasteiger partial charge in [-0.15, -0.1) is 0 Å². The van der Waals surface area contributed by atoms with Crippen LogP contribution in [0.15, 0.2) is 36.4 Å². The third kappa shape index (κ3) is 2.97. The minimum absolute atomic E-state index is 0.313. The van der Waals surface area contributed by atoms with Crippen molar-refractivity contribution in [1.82, 2.24) is 9.97 Å². The largest absolute Gasteiger partial charge is 0.469 e. The van der Waals surface area contributed by atoms with Crippen molar-refractivity contribution < 1.29 is 24.2 Å². The van der Waals surface area contributed by atoms with E-state index in [0.717, 1.165) is 0 Å². The first-order chi connectivity index (χ1) is 12.5. The molecule has 0 spiro atoms. The van der Waals surface area contributed by atoms with Crippen molar-refractivity contribution >= 4 is 34.0 Å². The van der Waals surface area contributed by atoms with E-state index in [9.17, 15) is 14.7 Å². The Kier molecular flexibility index (Phi) is 4.81. The van der Waals surface area contributed by atoms with Crippen LogP contribution in [0.2, 0.25) is 0 Å². The Labute approximate surface area is 149 Å². The summed E-state index contributed by atoms with van der Waals surface area (Å²) in [5, 5.41) is 10.6. The number of carbonyl (C=O) groups excluding carboxylic acids is 2. The Morgan fingerprint density at radius 2 is 1.58 bits per heavy atom. The van der Waals surface area contributed by atoms with Gasteiger partial charge in [0.2, 0.25) is 0 Å². The maximum Gasteiger partial charge on any atom is 0.340 e. The second-order valence-corrected chi connectivity index (χ2v) is 5.86. The molecule has 26 heavy (non-hydrogen) atoms. The van der Waals surface area contributed by atoms with Gasteiger partial charge in [-0.05, 0) is 25.1 Å². The molecule has 0 unspecified atom stereocenters. The number of rotatable bonds is 4. The van der Waals surface area contributed by atoms with Crippen molar-refractivity contribution in [3.63, 3.8) is 0 Å². The third-order valence-electron chi connectivity index (χ3n) is 4.30. The quantitative estimate of drug-likeness (QED) is 0.567. The van der Waals surface area contributed by atoms with Crippen molar-refractivity contribution in [1.29, 1.82) is 0 Å². The Balaban J connectivity index is 2.21. The molecule has 1 N–H and O–H groups in total. The molecule has 0 radical (unpaired) electrons. The van der Waals surface area contributed by atoms with E-state index in [2.05, 4.69) is 9.97 Å². The van der Waals surface area contributed by atoms with E-state index in [0.29, 0.717) is 33.2 Å². The Morgan fingerprint density at radius 1 is 0.962 bits per heavy atom. The predicted molar refractivity (Wildman–Crippen MR) is 94.5 cm³/mol. The van der Waals surface area contributed by atoms with Crippen molar-refractivity contribution in [3.8, 4) is 0 Å². The van der Waals surface area contributed by atoms with Crippen LogP contribution in [0.4, 0.5) is 0 Å². The van der Waals surface area contributed by atoms with Crippen LogP contribution in [0.25, 0.3) is 22.1 Å². The molecule has 0 saturated carbocycles. The number of methoxy groups -OCH3 is 2. The van der Waals surface area contributed by atoms with Crippen LogP contribution >= 0.6 is 0 Å². The molecule has 3 rings (SSSR count). The molecule has 0 bridgehead atoms. The Morgan fingerprint density at radius 3 is 2.23 bits per heavy atom. The van der Waals surface area contributed by atoms with Crippen LogP contribution in [0.1, 0.15) is 28.9 Å². The summed E-state index contributed by atoms with van der Waals surface area (Å²) in [4.78, 5) is 32.8. The number of fused-ring (bicyclic) bond motifs is 2. The highest BCUT2D eigenvalue weighted by atomic mass is 16.5. The molecule has 0 aliphatic rings. The van der Waals surface area contributed by atoms with Crippen LogP contribution < -0.4 is 0 Å². The first-order valence-electron chi connectivity index (χ1n) is 8.01. The number of nitrogens with zero attached hydrogens (tertiary/aromatic N) is 2. The molecule has 0 aliphatic carbocycles. The van der Waals surface area contributed by atoms with Crippen molar-refractivity contribution in [3.05, 3.63) is 47.5 Å². The molecule has 1 aromatic heterocycles. The lowest BCUT2D eigenvalue weighted by atomic mass is 9.96. The van der Waals surface area contributed by atoms with Gasteiger partial charge in [-0.2, -0.15) is 0 Å². The number of ether oxygens (including phenoxy) is 2. The summed E-state index contributed by atoms with van der Waals surface area (Å²) in [5.41, 5.74) is 2.66. The zero-order valence-corrected chi connectivity index (χ0v) is 14.6. The zero-order chi connectivity index (χ0) is 18.8. The van der Waals surface area contributed by atoms with Crippen LogP contribution in [0.5, 0.6) is 0 Å². The SMILES string of the molecule is COC(=O)c1cccc2nc3c([C@H](O)[C@H](C)C(=O)OC)cccc3nc12. The fourth-order valence-electron chi connectivity index (χ4n) is 2.84. The molecule has 1 heterocycles. The topological polar surface area (TPSA) is 98.6 Å². The van der Waals surface area contributed by atoms with Crippen molar-refractivity contribution in [2.24, 2.45) is 5.92 Å².